The summed E-state index contributed by atoms with van der Waals surface area (Å²) < 4.78 is 27.5. The van der Waals surface area contributed by atoms with E-state index in [9.17, 15) is 8.42 Å². The van der Waals surface area contributed by atoms with Crippen LogP contribution >= 0.6 is 0 Å². The van der Waals surface area contributed by atoms with E-state index in [2.05, 4.69) is 4.72 Å². The quantitative estimate of drug-likeness (QED) is 0.927. The molecule has 106 valence electrons. The van der Waals surface area contributed by atoms with Crippen molar-refractivity contribution in [2.24, 2.45) is 0 Å². The van der Waals surface area contributed by atoms with Crippen molar-refractivity contribution < 1.29 is 8.42 Å². The number of hydrogen-bond acceptors (Lipinski definition) is 2. The molecule has 20 heavy (non-hydrogen) atoms. The van der Waals surface area contributed by atoms with Crippen LogP contribution in [0.2, 0.25) is 0 Å². The fourth-order valence-electron chi connectivity index (χ4n) is 2.08. The van der Waals surface area contributed by atoms with Gasteiger partial charge in [-0.1, -0.05) is 44.2 Å². The third-order valence-corrected chi connectivity index (χ3v) is 4.49. The third kappa shape index (κ3) is 3.20. The molecule has 0 fully saturated rings. The van der Waals surface area contributed by atoms with Crippen LogP contribution in [-0.2, 0) is 10.0 Å². The van der Waals surface area contributed by atoms with Crippen LogP contribution in [0.4, 0.5) is 5.69 Å². The second-order valence-electron chi connectivity index (χ2n) is 5.16. The van der Waals surface area contributed by atoms with E-state index < -0.39 is 10.0 Å². The van der Waals surface area contributed by atoms with E-state index in [0.717, 1.165) is 11.1 Å². The Morgan fingerprint density at radius 1 is 1.00 bits per heavy atom. The number of rotatable bonds is 4. The van der Waals surface area contributed by atoms with Crippen LogP contribution in [0.15, 0.2) is 53.4 Å². The van der Waals surface area contributed by atoms with Crippen molar-refractivity contribution in [3.8, 4) is 0 Å². The first-order valence-corrected chi connectivity index (χ1v) is 8.07. The molecule has 0 bridgehead atoms. The number of sulfonamides is 1. The molecule has 2 rings (SSSR count). The maximum Gasteiger partial charge on any atom is 0.261 e. The van der Waals surface area contributed by atoms with E-state index in [0.29, 0.717) is 5.69 Å². The molecule has 1 N–H and O–H groups in total. The topological polar surface area (TPSA) is 46.2 Å². The number of nitrogens with one attached hydrogen (secondary N) is 1. The summed E-state index contributed by atoms with van der Waals surface area (Å²) in [4.78, 5) is 0.288. The summed E-state index contributed by atoms with van der Waals surface area (Å²) in [5.74, 6) is 0.256. The Kier molecular flexibility index (Phi) is 4.14. The van der Waals surface area contributed by atoms with Gasteiger partial charge in [0.2, 0.25) is 0 Å². The molecule has 3 nitrogen and oxygen atoms in total. The van der Waals surface area contributed by atoms with Crippen LogP contribution in [0.1, 0.15) is 30.9 Å². The van der Waals surface area contributed by atoms with Crippen LogP contribution in [0.5, 0.6) is 0 Å². The van der Waals surface area contributed by atoms with Crippen molar-refractivity contribution in [2.45, 2.75) is 31.6 Å². The lowest BCUT2D eigenvalue weighted by atomic mass is 10.0. The van der Waals surface area contributed by atoms with Gasteiger partial charge < -0.3 is 0 Å². The lowest BCUT2D eigenvalue weighted by Gasteiger charge is -2.15. The summed E-state index contributed by atoms with van der Waals surface area (Å²) in [6.45, 7) is 5.96. The van der Waals surface area contributed by atoms with Gasteiger partial charge in [0.1, 0.15) is 0 Å². The Morgan fingerprint density at radius 2 is 1.70 bits per heavy atom. The van der Waals surface area contributed by atoms with Gasteiger partial charge in [-0.05, 0) is 42.2 Å². The molecule has 0 unspecified atom stereocenters. The molecule has 0 saturated heterocycles. The van der Waals surface area contributed by atoms with E-state index in [1.54, 1.807) is 24.3 Å². The number of benzene rings is 2. The summed E-state index contributed by atoms with van der Waals surface area (Å²) in [6, 6.07) is 14.4. The third-order valence-electron chi connectivity index (χ3n) is 3.13. The first-order chi connectivity index (χ1) is 9.40. The minimum Gasteiger partial charge on any atom is -0.279 e. The minimum atomic E-state index is -3.54. The van der Waals surface area contributed by atoms with Crippen molar-refractivity contribution in [1.82, 2.24) is 0 Å². The lowest BCUT2D eigenvalue weighted by molar-refractivity contribution is 0.601. The van der Waals surface area contributed by atoms with E-state index >= 15 is 0 Å². The number of anilines is 1. The highest BCUT2D eigenvalue weighted by molar-refractivity contribution is 7.92. The van der Waals surface area contributed by atoms with Crippen LogP contribution in [-0.4, -0.2) is 8.42 Å². The Bertz CT molecular complexity index is 706. The van der Waals surface area contributed by atoms with Crippen LogP contribution < -0.4 is 4.72 Å². The molecule has 0 amide bonds. The maximum atomic E-state index is 12.4. The second-order valence-corrected chi connectivity index (χ2v) is 6.85. The molecule has 0 aliphatic rings. The largest absolute Gasteiger partial charge is 0.279 e. The second kappa shape index (κ2) is 5.67. The Labute approximate surface area is 120 Å². The number of aryl methyl sites for hydroxylation is 1. The Balaban J connectivity index is 2.39. The molecule has 0 aromatic heterocycles. The van der Waals surface area contributed by atoms with Gasteiger partial charge in [0.25, 0.3) is 10.0 Å². The van der Waals surface area contributed by atoms with Gasteiger partial charge in [0.15, 0.2) is 0 Å². The van der Waals surface area contributed by atoms with Gasteiger partial charge >= 0.3 is 0 Å². The molecule has 0 aliphatic carbocycles. The number of para-hydroxylation sites is 1. The van der Waals surface area contributed by atoms with E-state index in [1.807, 2.05) is 45.0 Å². The Morgan fingerprint density at radius 3 is 2.35 bits per heavy atom. The average molecular weight is 289 g/mol. The van der Waals surface area contributed by atoms with Crippen LogP contribution in [0.3, 0.4) is 0 Å². The van der Waals surface area contributed by atoms with Crippen LogP contribution in [0.25, 0.3) is 0 Å². The molecule has 0 radical (unpaired) electrons. The van der Waals surface area contributed by atoms with Crippen molar-refractivity contribution in [1.29, 1.82) is 0 Å². The number of hydrogen-bond donors (Lipinski definition) is 1. The fraction of sp³-hybridized carbons (Fsp3) is 0.250. The highest BCUT2D eigenvalue weighted by Crippen LogP contribution is 2.26. The minimum absolute atomic E-state index is 0.256. The standard InChI is InChI=1S/C16H19NO2S/c1-12(2)15-9-4-5-10-16(15)17-20(18,19)14-8-6-7-13(3)11-14/h4-12,17H,1-3H3. The zero-order valence-corrected chi connectivity index (χ0v) is 12.7. The molecular weight excluding hydrogens is 270 g/mol. The lowest BCUT2D eigenvalue weighted by Crippen LogP contribution is -2.14. The van der Waals surface area contributed by atoms with Crippen LogP contribution in [0, 0.1) is 6.92 Å². The monoisotopic (exact) mass is 289 g/mol. The van der Waals surface area contributed by atoms with Gasteiger partial charge in [-0.15, -0.1) is 0 Å². The summed E-state index contributed by atoms with van der Waals surface area (Å²) in [6.07, 6.45) is 0. The predicted molar refractivity (Wildman–Crippen MR) is 82.5 cm³/mol. The normalized spacial score (nSPS) is 11.6. The van der Waals surface area contributed by atoms with Gasteiger partial charge in [0.05, 0.1) is 10.6 Å². The highest BCUT2D eigenvalue weighted by Gasteiger charge is 2.16. The summed E-state index contributed by atoms with van der Waals surface area (Å²) >= 11 is 0. The summed E-state index contributed by atoms with van der Waals surface area (Å²) in [7, 11) is -3.54. The molecule has 0 saturated carbocycles. The van der Waals surface area contributed by atoms with Crippen molar-refractivity contribution in [3.63, 3.8) is 0 Å². The van der Waals surface area contributed by atoms with E-state index in [1.165, 1.54) is 0 Å². The predicted octanol–water partition coefficient (Wildman–Crippen LogP) is 3.92. The van der Waals surface area contributed by atoms with Gasteiger partial charge in [-0.25, -0.2) is 8.42 Å². The first kappa shape index (κ1) is 14.6. The average Bonchev–Trinajstić information content (AvgIpc) is 2.38. The van der Waals surface area contributed by atoms with Crippen molar-refractivity contribution in [3.05, 3.63) is 59.7 Å². The SMILES string of the molecule is Cc1cccc(S(=O)(=O)Nc2ccccc2C(C)C)c1. The summed E-state index contributed by atoms with van der Waals surface area (Å²) in [5, 5.41) is 0. The first-order valence-electron chi connectivity index (χ1n) is 6.58. The fourth-order valence-corrected chi connectivity index (χ4v) is 3.27. The van der Waals surface area contributed by atoms with E-state index in [-0.39, 0.29) is 10.8 Å². The van der Waals surface area contributed by atoms with Crippen molar-refractivity contribution >= 4 is 15.7 Å². The zero-order valence-electron chi connectivity index (χ0n) is 11.9. The Hall–Kier alpha value is -1.81. The molecule has 0 atom stereocenters. The zero-order chi connectivity index (χ0) is 14.8. The van der Waals surface area contributed by atoms with E-state index in [4.69, 9.17) is 0 Å². The molecule has 2 aromatic carbocycles. The molecule has 2 aromatic rings. The molecule has 0 heterocycles. The van der Waals surface area contributed by atoms with Crippen molar-refractivity contribution in [2.75, 3.05) is 4.72 Å². The van der Waals surface area contributed by atoms with Gasteiger partial charge in [-0.3, -0.25) is 4.72 Å². The molecule has 0 aliphatic heterocycles. The molecule has 4 heteroatoms. The maximum absolute atomic E-state index is 12.4. The molecular formula is C16H19NO2S. The van der Waals surface area contributed by atoms with Gasteiger partial charge in [-0.2, -0.15) is 0 Å². The summed E-state index contributed by atoms with van der Waals surface area (Å²) in [5.41, 5.74) is 2.55. The highest BCUT2D eigenvalue weighted by atomic mass is 32.2. The smallest absolute Gasteiger partial charge is 0.261 e. The van der Waals surface area contributed by atoms with Gasteiger partial charge in [0, 0.05) is 0 Å². The molecule has 0 spiro atoms.